The molecule has 8 heteroatoms. The van der Waals surface area contributed by atoms with Gasteiger partial charge in [0.05, 0.1) is 5.69 Å². The Bertz CT molecular complexity index is 417. The van der Waals surface area contributed by atoms with Gasteiger partial charge in [-0.25, -0.2) is 0 Å². The van der Waals surface area contributed by atoms with E-state index in [1.54, 1.807) is 6.92 Å². The highest BCUT2D eigenvalue weighted by Gasteiger charge is 2.12. The van der Waals surface area contributed by atoms with Crippen molar-refractivity contribution in [3.05, 3.63) is 17.5 Å². The van der Waals surface area contributed by atoms with Gasteiger partial charge in [0.15, 0.2) is 5.96 Å². The number of rotatable bonds is 1. The smallest absolute Gasteiger partial charge is 0.296 e. The molecular formula is C7H10N6O2. The molecule has 0 saturated carbocycles. The average Bonchev–Trinajstić information content (AvgIpc) is 2.49. The van der Waals surface area contributed by atoms with Gasteiger partial charge in [0.1, 0.15) is 0 Å². The fourth-order valence-electron chi connectivity index (χ4n) is 0.797. The van der Waals surface area contributed by atoms with Crippen molar-refractivity contribution in [2.45, 2.75) is 6.92 Å². The van der Waals surface area contributed by atoms with Crippen LogP contribution in [-0.2, 0) is 0 Å². The van der Waals surface area contributed by atoms with Crippen molar-refractivity contribution >= 4 is 17.8 Å². The lowest BCUT2D eigenvalue weighted by Gasteiger charge is -1.98. The molecule has 1 aromatic rings. The Labute approximate surface area is 84.8 Å². The van der Waals surface area contributed by atoms with Crippen molar-refractivity contribution in [2.24, 2.45) is 16.5 Å². The number of hydrogen-bond donors (Lipinski definition) is 4. The summed E-state index contributed by atoms with van der Waals surface area (Å²) in [6.07, 6.45) is 0. The number of aryl methyl sites for hydroxylation is 1. The maximum Gasteiger partial charge on any atom is 0.296 e. The van der Waals surface area contributed by atoms with Crippen molar-refractivity contribution in [2.75, 3.05) is 0 Å². The Morgan fingerprint density at radius 2 is 2.33 bits per heavy atom. The van der Waals surface area contributed by atoms with E-state index in [9.17, 15) is 4.79 Å². The first-order valence-electron chi connectivity index (χ1n) is 3.92. The van der Waals surface area contributed by atoms with E-state index < -0.39 is 11.9 Å². The van der Waals surface area contributed by atoms with E-state index in [0.29, 0.717) is 5.69 Å². The standard InChI is InChI=1S/C7H10N6O2/c1-3-2-4(15-13-3)5(14)11-7(10)12-6(8)9/h2H,1H3,(H6,8,9,10,11,12,14). The van der Waals surface area contributed by atoms with Gasteiger partial charge < -0.3 is 16.0 Å². The summed E-state index contributed by atoms with van der Waals surface area (Å²) in [4.78, 5) is 14.6. The highest BCUT2D eigenvalue weighted by atomic mass is 16.5. The Kier molecular flexibility index (Phi) is 3.01. The number of carbonyl (C=O) groups is 1. The predicted octanol–water partition coefficient (Wildman–Crippen LogP) is -1.08. The number of carbonyl (C=O) groups excluding carboxylic acids is 1. The molecule has 0 saturated heterocycles. The van der Waals surface area contributed by atoms with Crippen LogP contribution < -0.4 is 16.8 Å². The summed E-state index contributed by atoms with van der Waals surface area (Å²) in [5.74, 6) is -1.42. The van der Waals surface area contributed by atoms with Gasteiger partial charge >= 0.3 is 0 Å². The topological polar surface area (TPSA) is 143 Å². The van der Waals surface area contributed by atoms with Crippen LogP contribution in [0.3, 0.4) is 0 Å². The molecule has 0 fully saturated rings. The van der Waals surface area contributed by atoms with Gasteiger partial charge in [-0.15, -0.1) is 0 Å². The molecule has 15 heavy (non-hydrogen) atoms. The summed E-state index contributed by atoms with van der Waals surface area (Å²) in [7, 11) is 0. The van der Waals surface area contributed by atoms with E-state index in [-0.39, 0.29) is 11.7 Å². The lowest BCUT2D eigenvalue weighted by atomic mass is 10.4. The number of nitrogens with two attached hydrogens (primary N) is 2. The summed E-state index contributed by atoms with van der Waals surface area (Å²) in [5, 5.41) is 12.8. The van der Waals surface area contributed by atoms with Gasteiger partial charge in [-0.05, 0) is 6.92 Å². The van der Waals surface area contributed by atoms with E-state index in [2.05, 4.69) is 20.0 Å². The molecule has 1 amide bonds. The molecule has 6 N–H and O–H groups in total. The third-order valence-corrected chi connectivity index (χ3v) is 1.32. The first-order chi connectivity index (χ1) is 6.99. The molecule has 0 aliphatic heterocycles. The lowest BCUT2D eigenvalue weighted by molar-refractivity contribution is 0.0940. The number of nitrogens with one attached hydrogen (secondary N) is 2. The van der Waals surface area contributed by atoms with Gasteiger partial charge in [-0.2, -0.15) is 4.99 Å². The van der Waals surface area contributed by atoms with Crippen LogP contribution in [0.2, 0.25) is 0 Å². The number of amides is 1. The summed E-state index contributed by atoms with van der Waals surface area (Å²) >= 11 is 0. The van der Waals surface area contributed by atoms with Crippen LogP contribution in [0.1, 0.15) is 16.2 Å². The SMILES string of the molecule is Cc1cc(C(=O)NC(=N)N=C(N)N)on1. The Morgan fingerprint density at radius 3 is 2.80 bits per heavy atom. The molecule has 0 atom stereocenters. The molecular weight excluding hydrogens is 200 g/mol. The van der Waals surface area contributed by atoms with Crippen molar-refractivity contribution in [1.29, 1.82) is 5.41 Å². The molecule has 80 valence electrons. The Hall–Kier alpha value is -2.38. The van der Waals surface area contributed by atoms with Gasteiger partial charge in [0.2, 0.25) is 11.7 Å². The molecule has 0 aromatic carbocycles. The highest BCUT2D eigenvalue weighted by molar-refractivity contribution is 6.06. The third-order valence-electron chi connectivity index (χ3n) is 1.32. The van der Waals surface area contributed by atoms with E-state index in [0.717, 1.165) is 0 Å². The number of nitrogens with zero attached hydrogens (tertiary/aromatic N) is 2. The molecule has 1 rings (SSSR count). The molecule has 0 unspecified atom stereocenters. The number of aromatic nitrogens is 1. The zero-order valence-corrected chi connectivity index (χ0v) is 7.94. The van der Waals surface area contributed by atoms with E-state index in [1.165, 1.54) is 6.07 Å². The second-order valence-corrected chi connectivity index (χ2v) is 2.67. The van der Waals surface area contributed by atoms with Crippen LogP contribution in [0.5, 0.6) is 0 Å². The van der Waals surface area contributed by atoms with E-state index >= 15 is 0 Å². The fraction of sp³-hybridized carbons (Fsp3) is 0.143. The minimum Gasteiger partial charge on any atom is -0.370 e. The Balaban J connectivity index is 2.64. The van der Waals surface area contributed by atoms with Crippen LogP contribution in [0, 0.1) is 12.3 Å². The number of aliphatic imine (C=N–C) groups is 1. The van der Waals surface area contributed by atoms with Crippen LogP contribution in [0.15, 0.2) is 15.6 Å². The van der Waals surface area contributed by atoms with Crippen molar-refractivity contribution < 1.29 is 9.32 Å². The maximum atomic E-state index is 11.3. The van der Waals surface area contributed by atoms with Crippen LogP contribution >= 0.6 is 0 Å². The van der Waals surface area contributed by atoms with Crippen molar-refractivity contribution in [3.63, 3.8) is 0 Å². The molecule has 0 radical (unpaired) electrons. The van der Waals surface area contributed by atoms with Crippen molar-refractivity contribution in [3.8, 4) is 0 Å². The van der Waals surface area contributed by atoms with Gasteiger partial charge in [-0.3, -0.25) is 15.5 Å². The quantitative estimate of drug-likeness (QED) is 0.344. The fourth-order valence-corrected chi connectivity index (χ4v) is 0.797. The number of hydrogen-bond acceptors (Lipinski definition) is 4. The molecule has 0 aliphatic rings. The third kappa shape index (κ3) is 3.10. The number of guanidine groups is 2. The highest BCUT2D eigenvalue weighted by Crippen LogP contribution is 2.01. The van der Waals surface area contributed by atoms with E-state index in [1.807, 2.05) is 0 Å². The van der Waals surface area contributed by atoms with Crippen LogP contribution in [0.25, 0.3) is 0 Å². The summed E-state index contributed by atoms with van der Waals surface area (Å²) < 4.78 is 4.66. The summed E-state index contributed by atoms with van der Waals surface area (Å²) in [6, 6.07) is 1.43. The largest absolute Gasteiger partial charge is 0.370 e. The molecule has 1 aromatic heterocycles. The minimum absolute atomic E-state index is 0.0111. The second kappa shape index (κ2) is 4.22. The lowest BCUT2D eigenvalue weighted by Crippen LogP contribution is -2.32. The second-order valence-electron chi connectivity index (χ2n) is 2.67. The monoisotopic (exact) mass is 210 g/mol. The van der Waals surface area contributed by atoms with E-state index in [4.69, 9.17) is 16.9 Å². The van der Waals surface area contributed by atoms with Gasteiger partial charge in [0.25, 0.3) is 5.91 Å². The maximum absolute atomic E-state index is 11.3. The summed E-state index contributed by atoms with van der Waals surface area (Å²) in [6.45, 7) is 1.67. The minimum atomic E-state index is -0.634. The molecule has 0 spiro atoms. The molecule has 8 nitrogen and oxygen atoms in total. The normalized spacial score (nSPS) is 9.40. The Morgan fingerprint density at radius 1 is 1.67 bits per heavy atom. The predicted molar refractivity (Wildman–Crippen MR) is 52.2 cm³/mol. The summed E-state index contributed by atoms with van der Waals surface area (Å²) in [5.41, 5.74) is 10.6. The van der Waals surface area contributed by atoms with Gasteiger partial charge in [-0.1, -0.05) is 5.16 Å². The first-order valence-corrected chi connectivity index (χ1v) is 3.92. The van der Waals surface area contributed by atoms with Crippen molar-refractivity contribution in [1.82, 2.24) is 10.5 Å². The zero-order valence-electron chi connectivity index (χ0n) is 7.94. The molecule has 0 aliphatic carbocycles. The average molecular weight is 210 g/mol. The van der Waals surface area contributed by atoms with Crippen LogP contribution in [0.4, 0.5) is 0 Å². The molecule has 0 bridgehead atoms. The van der Waals surface area contributed by atoms with Gasteiger partial charge in [0, 0.05) is 6.07 Å². The van der Waals surface area contributed by atoms with Crippen LogP contribution in [-0.4, -0.2) is 23.0 Å². The first kappa shape index (κ1) is 10.7. The molecule has 1 heterocycles. The zero-order chi connectivity index (χ0) is 11.4.